The number of aromatic hydroxyl groups is 1. The number of carbonyl (C=O) groups excluding carboxylic acids is 2. The molecule has 0 saturated heterocycles. The van der Waals surface area contributed by atoms with Crippen molar-refractivity contribution >= 4 is 23.2 Å². The summed E-state index contributed by atoms with van der Waals surface area (Å²) in [6.07, 6.45) is 1.42. The first-order valence-electron chi connectivity index (χ1n) is 7.59. The predicted molar refractivity (Wildman–Crippen MR) is 93.9 cm³/mol. The van der Waals surface area contributed by atoms with Gasteiger partial charge in [0.2, 0.25) is 0 Å². The maximum absolute atomic E-state index is 12.4. The lowest BCUT2D eigenvalue weighted by Gasteiger charge is -2.10. The molecule has 0 fully saturated rings. The van der Waals surface area contributed by atoms with E-state index in [1.165, 1.54) is 18.4 Å². The van der Waals surface area contributed by atoms with E-state index in [1.54, 1.807) is 42.5 Å². The van der Waals surface area contributed by atoms with Crippen LogP contribution < -0.4 is 10.6 Å². The molecule has 0 aliphatic carbocycles. The van der Waals surface area contributed by atoms with Crippen molar-refractivity contribution in [1.29, 1.82) is 0 Å². The summed E-state index contributed by atoms with van der Waals surface area (Å²) in [6, 6.07) is 14.5. The minimum atomic E-state index is -0.390. The van der Waals surface area contributed by atoms with E-state index in [0.29, 0.717) is 16.9 Å². The number of amides is 2. The highest BCUT2D eigenvalue weighted by atomic mass is 16.3. The van der Waals surface area contributed by atoms with Gasteiger partial charge in [-0.05, 0) is 48.9 Å². The maximum Gasteiger partial charge on any atom is 0.291 e. The van der Waals surface area contributed by atoms with Crippen molar-refractivity contribution in [3.8, 4) is 5.75 Å². The Bertz CT molecular complexity index is 917. The van der Waals surface area contributed by atoms with Crippen molar-refractivity contribution in [2.45, 2.75) is 6.92 Å². The van der Waals surface area contributed by atoms with E-state index in [2.05, 4.69) is 10.6 Å². The lowest BCUT2D eigenvalue weighted by molar-refractivity contribution is 0.0993. The van der Waals surface area contributed by atoms with Crippen LogP contribution in [0.2, 0.25) is 0 Å². The fourth-order valence-electron chi connectivity index (χ4n) is 2.28. The van der Waals surface area contributed by atoms with E-state index < -0.39 is 5.91 Å². The zero-order valence-corrected chi connectivity index (χ0v) is 13.4. The van der Waals surface area contributed by atoms with Crippen molar-refractivity contribution in [2.24, 2.45) is 0 Å². The molecule has 25 heavy (non-hydrogen) atoms. The molecule has 6 heteroatoms. The van der Waals surface area contributed by atoms with Gasteiger partial charge in [-0.25, -0.2) is 0 Å². The predicted octanol–water partition coefficient (Wildman–Crippen LogP) is 3.80. The fourth-order valence-corrected chi connectivity index (χ4v) is 2.28. The van der Waals surface area contributed by atoms with E-state index in [0.717, 1.165) is 5.56 Å². The molecule has 3 aromatic rings. The monoisotopic (exact) mass is 336 g/mol. The number of hydrogen-bond donors (Lipinski definition) is 3. The Morgan fingerprint density at radius 2 is 1.80 bits per heavy atom. The van der Waals surface area contributed by atoms with E-state index in [4.69, 9.17) is 4.42 Å². The smallest absolute Gasteiger partial charge is 0.291 e. The Balaban J connectivity index is 1.78. The first-order valence-corrected chi connectivity index (χ1v) is 7.59. The van der Waals surface area contributed by atoms with Gasteiger partial charge in [0.05, 0.1) is 6.26 Å². The van der Waals surface area contributed by atoms with Gasteiger partial charge in [-0.15, -0.1) is 0 Å². The first kappa shape index (κ1) is 16.3. The molecule has 0 spiro atoms. The third-order valence-electron chi connectivity index (χ3n) is 3.60. The Morgan fingerprint density at radius 1 is 0.960 bits per heavy atom. The van der Waals surface area contributed by atoms with E-state index in [1.807, 2.05) is 6.92 Å². The molecule has 126 valence electrons. The molecule has 0 unspecified atom stereocenters. The largest absolute Gasteiger partial charge is 0.508 e. The van der Waals surface area contributed by atoms with Crippen LogP contribution in [-0.4, -0.2) is 16.9 Å². The highest BCUT2D eigenvalue weighted by molar-refractivity contribution is 6.07. The zero-order chi connectivity index (χ0) is 17.8. The number of phenolic OH excluding ortho intramolecular Hbond substituents is 1. The second-order valence-electron chi connectivity index (χ2n) is 5.47. The number of nitrogens with one attached hydrogen (secondary N) is 2. The quantitative estimate of drug-likeness (QED) is 0.676. The number of hydrogen-bond acceptors (Lipinski definition) is 4. The van der Waals surface area contributed by atoms with Gasteiger partial charge < -0.3 is 20.2 Å². The van der Waals surface area contributed by atoms with E-state index in [9.17, 15) is 14.7 Å². The third kappa shape index (κ3) is 3.87. The lowest BCUT2D eigenvalue weighted by Crippen LogP contribution is -2.15. The van der Waals surface area contributed by atoms with Crippen molar-refractivity contribution in [1.82, 2.24) is 0 Å². The van der Waals surface area contributed by atoms with Gasteiger partial charge in [-0.2, -0.15) is 0 Å². The molecule has 3 N–H and O–H groups in total. The number of anilines is 2. The van der Waals surface area contributed by atoms with Crippen LogP contribution in [0, 0.1) is 6.92 Å². The van der Waals surface area contributed by atoms with Crippen LogP contribution in [0.5, 0.6) is 5.75 Å². The van der Waals surface area contributed by atoms with Gasteiger partial charge in [0.15, 0.2) is 5.76 Å². The number of aryl methyl sites for hydroxylation is 1. The molecule has 0 aliphatic heterocycles. The molecule has 1 aromatic heterocycles. The van der Waals surface area contributed by atoms with Crippen LogP contribution in [0.3, 0.4) is 0 Å². The number of rotatable bonds is 4. The molecule has 0 bridgehead atoms. The molecule has 6 nitrogen and oxygen atoms in total. The standard InChI is InChI=1S/C19H16N2O4/c1-12-7-8-13(18(23)20-14-4-2-5-15(22)11-14)10-16(12)21-19(24)17-6-3-9-25-17/h2-11,22H,1H3,(H,20,23)(H,21,24). The van der Waals surface area contributed by atoms with Crippen molar-refractivity contribution in [2.75, 3.05) is 10.6 Å². The molecular weight excluding hydrogens is 320 g/mol. The van der Waals surface area contributed by atoms with Gasteiger partial charge in [0, 0.05) is 23.0 Å². The number of phenols is 1. The normalized spacial score (nSPS) is 10.3. The van der Waals surface area contributed by atoms with Crippen LogP contribution in [0.4, 0.5) is 11.4 Å². The second kappa shape index (κ2) is 6.92. The summed E-state index contributed by atoms with van der Waals surface area (Å²) in [6.45, 7) is 1.83. The Labute approximate surface area is 144 Å². The fraction of sp³-hybridized carbons (Fsp3) is 0.0526. The van der Waals surface area contributed by atoms with Crippen LogP contribution in [0.15, 0.2) is 65.3 Å². The highest BCUT2D eigenvalue weighted by Crippen LogP contribution is 2.20. The highest BCUT2D eigenvalue weighted by Gasteiger charge is 2.13. The SMILES string of the molecule is Cc1ccc(C(=O)Nc2cccc(O)c2)cc1NC(=O)c1ccco1. The van der Waals surface area contributed by atoms with Gasteiger partial charge in [-0.3, -0.25) is 9.59 Å². The van der Waals surface area contributed by atoms with Crippen molar-refractivity contribution < 1.29 is 19.1 Å². The average Bonchev–Trinajstić information content (AvgIpc) is 3.11. The second-order valence-corrected chi connectivity index (χ2v) is 5.47. The van der Waals surface area contributed by atoms with Crippen LogP contribution in [0.25, 0.3) is 0 Å². The summed E-state index contributed by atoms with van der Waals surface area (Å²) < 4.78 is 5.06. The zero-order valence-electron chi connectivity index (χ0n) is 13.4. The molecule has 0 saturated carbocycles. The Morgan fingerprint density at radius 3 is 2.52 bits per heavy atom. The first-order chi connectivity index (χ1) is 12.0. The van der Waals surface area contributed by atoms with Crippen LogP contribution >= 0.6 is 0 Å². The number of benzene rings is 2. The van der Waals surface area contributed by atoms with E-state index in [-0.39, 0.29) is 17.4 Å². The Kier molecular flexibility index (Phi) is 4.52. The van der Waals surface area contributed by atoms with Crippen molar-refractivity contribution in [3.05, 3.63) is 77.7 Å². The van der Waals surface area contributed by atoms with Crippen molar-refractivity contribution in [3.63, 3.8) is 0 Å². The van der Waals surface area contributed by atoms with Gasteiger partial charge in [-0.1, -0.05) is 12.1 Å². The molecular formula is C19H16N2O4. The molecule has 0 aliphatic rings. The third-order valence-corrected chi connectivity index (χ3v) is 3.60. The van der Waals surface area contributed by atoms with Gasteiger partial charge >= 0.3 is 0 Å². The molecule has 0 radical (unpaired) electrons. The topological polar surface area (TPSA) is 91.6 Å². The molecule has 0 atom stereocenters. The molecule has 1 heterocycles. The van der Waals surface area contributed by atoms with E-state index >= 15 is 0 Å². The summed E-state index contributed by atoms with van der Waals surface area (Å²) in [5.41, 5.74) is 2.19. The summed E-state index contributed by atoms with van der Waals surface area (Å²) >= 11 is 0. The number of carbonyl (C=O) groups is 2. The molecule has 2 amide bonds. The maximum atomic E-state index is 12.4. The van der Waals surface area contributed by atoms with Crippen LogP contribution in [-0.2, 0) is 0 Å². The van der Waals surface area contributed by atoms with Gasteiger partial charge in [0.25, 0.3) is 11.8 Å². The average molecular weight is 336 g/mol. The number of furan rings is 1. The minimum absolute atomic E-state index is 0.0631. The summed E-state index contributed by atoms with van der Waals surface area (Å²) in [7, 11) is 0. The summed E-state index contributed by atoms with van der Waals surface area (Å²) in [5, 5.41) is 14.9. The Hall–Kier alpha value is -3.54. The van der Waals surface area contributed by atoms with Gasteiger partial charge in [0.1, 0.15) is 5.75 Å². The minimum Gasteiger partial charge on any atom is -0.508 e. The molecule has 3 rings (SSSR count). The van der Waals surface area contributed by atoms with Crippen LogP contribution in [0.1, 0.15) is 26.5 Å². The molecule has 2 aromatic carbocycles. The summed E-state index contributed by atoms with van der Waals surface area (Å²) in [5.74, 6) is -0.486. The summed E-state index contributed by atoms with van der Waals surface area (Å²) in [4.78, 5) is 24.5. The lowest BCUT2D eigenvalue weighted by atomic mass is 10.1.